The number of rotatable bonds is 5. The highest BCUT2D eigenvalue weighted by Gasteiger charge is 2.24. The second kappa shape index (κ2) is 7.36. The van der Waals surface area contributed by atoms with E-state index in [-0.39, 0.29) is 17.0 Å². The van der Waals surface area contributed by atoms with Crippen molar-refractivity contribution < 1.29 is 40.1 Å². The summed E-state index contributed by atoms with van der Waals surface area (Å²) in [7, 11) is -5.08. The van der Waals surface area contributed by atoms with E-state index in [1.54, 1.807) is 11.0 Å². The van der Waals surface area contributed by atoms with E-state index in [9.17, 15) is 26.4 Å². The SMILES string of the molecule is Cc1c(F)c(NOS(=O)(=O)O)c2c(=O)cc(-c3ccc(NO)c(F)c3)oc2c1F. The lowest BCUT2D eigenvalue weighted by molar-refractivity contribution is 0.319. The van der Waals surface area contributed by atoms with Crippen molar-refractivity contribution in [1.82, 2.24) is 0 Å². The number of hydrogen-bond acceptors (Lipinski definition) is 8. The van der Waals surface area contributed by atoms with Gasteiger partial charge >= 0.3 is 10.4 Å². The highest BCUT2D eigenvalue weighted by atomic mass is 32.3. The van der Waals surface area contributed by atoms with Gasteiger partial charge in [-0.1, -0.05) is 0 Å². The van der Waals surface area contributed by atoms with Crippen LogP contribution < -0.4 is 16.4 Å². The van der Waals surface area contributed by atoms with Crippen LogP contribution in [0.3, 0.4) is 0 Å². The number of anilines is 2. The highest BCUT2D eigenvalue weighted by Crippen LogP contribution is 2.33. The van der Waals surface area contributed by atoms with Crippen molar-refractivity contribution >= 4 is 32.7 Å². The fourth-order valence-corrected chi connectivity index (χ4v) is 2.73. The van der Waals surface area contributed by atoms with Gasteiger partial charge in [0.2, 0.25) is 0 Å². The molecular weight excluding hydrogens is 421 g/mol. The second-order valence-electron chi connectivity index (χ2n) is 5.73. The molecule has 3 rings (SSSR count). The summed E-state index contributed by atoms with van der Waals surface area (Å²) < 4.78 is 82.0. The Morgan fingerprint density at radius 2 is 1.83 bits per heavy atom. The van der Waals surface area contributed by atoms with Crippen molar-refractivity contribution in [3.8, 4) is 11.3 Å². The van der Waals surface area contributed by atoms with Crippen molar-refractivity contribution in [1.29, 1.82) is 0 Å². The van der Waals surface area contributed by atoms with Crippen molar-refractivity contribution in [2.24, 2.45) is 0 Å². The van der Waals surface area contributed by atoms with Crippen LogP contribution in [0.5, 0.6) is 0 Å². The van der Waals surface area contributed by atoms with Gasteiger partial charge in [0.25, 0.3) is 0 Å². The van der Waals surface area contributed by atoms with E-state index < -0.39 is 55.5 Å². The molecule has 0 aliphatic heterocycles. The van der Waals surface area contributed by atoms with Gasteiger partial charge in [-0.15, -0.1) is 4.28 Å². The number of fused-ring (bicyclic) bond motifs is 1. The quantitative estimate of drug-likeness (QED) is 0.354. The molecule has 0 bridgehead atoms. The summed E-state index contributed by atoms with van der Waals surface area (Å²) in [5.74, 6) is -3.82. The Morgan fingerprint density at radius 1 is 1.14 bits per heavy atom. The third kappa shape index (κ3) is 3.88. The molecule has 1 heterocycles. The summed E-state index contributed by atoms with van der Waals surface area (Å²) in [6.45, 7) is 0.983. The Kier molecular flexibility index (Phi) is 5.23. The molecule has 0 unspecified atom stereocenters. The zero-order chi connectivity index (χ0) is 21.5. The Bertz CT molecular complexity index is 1290. The maximum Gasteiger partial charge on any atom is 0.418 e. The van der Waals surface area contributed by atoms with E-state index in [1.807, 2.05) is 0 Å². The van der Waals surface area contributed by atoms with Crippen LogP contribution in [0.25, 0.3) is 22.3 Å². The minimum absolute atomic E-state index is 0.00873. The van der Waals surface area contributed by atoms with E-state index in [0.29, 0.717) is 0 Å². The molecule has 29 heavy (non-hydrogen) atoms. The number of hydrogen-bond donors (Lipinski definition) is 4. The third-order valence-corrected chi connectivity index (χ3v) is 4.19. The molecule has 13 heteroatoms. The summed E-state index contributed by atoms with van der Waals surface area (Å²) in [4.78, 5) is 12.5. The van der Waals surface area contributed by atoms with Crippen LogP contribution in [0.4, 0.5) is 24.5 Å². The molecule has 0 saturated carbocycles. The normalized spacial score (nSPS) is 11.7. The summed E-state index contributed by atoms with van der Waals surface area (Å²) in [5, 5.41) is 8.03. The van der Waals surface area contributed by atoms with Gasteiger partial charge in [0.05, 0.1) is 11.1 Å². The molecule has 2 aromatic carbocycles. The van der Waals surface area contributed by atoms with Gasteiger partial charge in [0, 0.05) is 17.2 Å². The van der Waals surface area contributed by atoms with E-state index >= 15 is 0 Å². The van der Waals surface area contributed by atoms with Crippen molar-refractivity contribution in [2.45, 2.75) is 6.92 Å². The predicted octanol–water partition coefficient (Wildman–Crippen LogP) is 3.13. The smallest absolute Gasteiger partial charge is 0.418 e. The van der Waals surface area contributed by atoms with Crippen molar-refractivity contribution in [2.75, 3.05) is 11.0 Å². The molecule has 0 aliphatic rings. The van der Waals surface area contributed by atoms with Crippen LogP contribution in [-0.4, -0.2) is 18.2 Å². The molecule has 0 saturated heterocycles. The van der Waals surface area contributed by atoms with Crippen LogP contribution in [0.2, 0.25) is 0 Å². The minimum atomic E-state index is -5.08. The maximum absolute atomic E-state index is 14.6. The molecule has 3 aromatic rings. The molecular formula is C16H11F3N2O7S. The van der Waals surface area contributed by atoms with Gasteiger partial charge in [0.15, 0.2) is 22.6 Å². The van der Waals surface area contributed by atoms with Gasteiger partial charge in [-0.05, 0) is 25.1 Å². The molecule has 9 nitrogen and oxygen atoms in total. The first kappa shape index (κ1) is 20.6. The lowest BCUT2D eigenvalue weighted by Crippen LogP contribution is -2.15. The summed E-state index contributed by atoms with van der Waals surface area (Å²) >= 11 is 0. The molecule has 0 fully saturated rings. The lowest BCUT2D eigenvalue weighted by atomic mass is 10.1. The van der Waals surface area contributed by atoms with Crippen LogP contribution in [0.1, 0.15) is 5.56 Å². The van der Waals surface area contributed by atoms with Gasteiger partial charge in [-0.25, -0.2) is 18.7 Å². The molecule has 0 radical (unpaired) electrons. The monoisotopic (exact) mass is 432 g/mol. The topological polar surface area (TPSA) is 138 Å². The lowest BCUT2D eigenvalue weighted by Gasteiger charge is -2.13. The number of nitrogens with one attached hydrogen (secondary N) is 2. The fraction of sp³-hybridized carbons (Fsp3) is 0.0625. The standard InChI is InChI=1S/C16H11F3N2O7S/c1-6-13(18)15(21-28-29(24,25)26)12-10(22)5-11(27-16(12)14(6)19)7-2-3-9(20-23)8(17)4-7/h2-5,20-21,23H,1H3,(H,24,25,26). The Hall–Kier alpha value is -3.13. The zero-order valence-electron chi connectivity index (χ0n) is 14.3. The Labute approximate surface area is 160 Å². The van der Waals surface area contributed by atoms with Crippen LogP contribution in [-0.2, 0) is 14.7 Å². The van der Waals surface area contributed by atoms with Gasteiger partial charge in [-0.3, -0.25) is 20.0 Å². The predicted molar refractivity (Wildman–Crippen MR) is 94.2 cm³/mol. The Balaban J connectivity index is 2.27. The average Bonchev–Trinajstić information content (AvgIpc) is 2.65. The number of halogens is 3. The van der Waals surface area contributed by atoms with Gasteiger partial charge < -0.3 is 4.42 Å². The van der Waals surface area contributed by atoms with Crippen LogP contribution in [0.15, 0.2) is 33.5 Å². The summed E-state index contributed by atoms with van der Waals surface area (Å²) in [6.07, 6.45) is 0. The first-order valence-corrected chi connectivity index (χ1v) is 8.97. The molecule has 0 aliphatic carbocycles. The highest BCUT2D eigenvalue weighted by molar-refractivity contribution is 7.80. The molecule has 0 amide bonds. The van der Waals surface area contributed by atoms with Crippen molar-refractivity contribution in [3.63, 3.8) is 0 Å². The second-order valence-corrected chi connectivity index (χ2v) is 6.75. The van der Waals surface area contributed by atoms with Gasteiger partial charge in [0.1, 0.15) is 17.3 Å². The van der Waals surface area contributed by atoms with E-state index in [0.717, 1.165) is 25.1 Å². The Morgan fingerprint density at radius 3 is 2.41 bits per heavy atom. The van der Waals surface area contributed by atoms with Crippen molar-refractivity contribution in [3.05, 3.63) is 57.5 Å². The summed E-state index contributed by atoms with van der Waals surface area (Å²) in [6, 6.07) is 4.04. The van der Waals surface area contributed by atoms with Crippen LogP contribution >= 0.6 is 0 Å². The van der Waals surface area contributed by atoms with Crippen LogP contribution in [0, 0.1) is 24.4 Å². The molecule has 0 atom stereocenters. The first-order valence-electron chi connectivity index (χ1n) is 7.61. The fourth-order valence-electron chi connectivity index (χ4n) is 2.54. The first-order chi connectivity index (χ1) is 13.5. The number of benzene rings is 2. The van der Waals surface area contributed by atoms with Gasteiger partial charge in [-0.2, -0.15) is 8.42 Å². The molecule has 1 aromatic heterocycles. The average molecular weight is 432 g/mol. The maximum atomic E-state index is 14.6. The van der Waals surface area contributed by atoms with E-state index in [2.05, 4.69) is 4.28 Å². The van der Waals surface area contributed by atoms with E-state index in [1.165, 1.54) is 6.07 Å². The molecule has 0 spiro atoms. The molecule has 154 valence electrons. The molecule has 4 N–H and O–H groups in total. The minimum Gasteiger partial charge on any atom is -0.453 e. The third-order valence-electron chi connectivity index (χ3n) is 3.90. The largest absolute Gasteiger partial charge is 0.453 e. The summed E-state index contributed by atoms with van der Waals surface area (Å²) in [5.41, 5.74) is -0.437. The zero-order valence-corrected chi connectivity index (χ0v) is 15.1. The van der Waals surface area contributed by atoms with E-state index in [4.69, 9.17) is 14.2 Å².